The van der Waals surface area contributed by atoms with Crippen molar-refractivity contribution < 1.29 is 20.1 Å². The first-order valence-corrected chi connectivity index (χ1v) is 6.14. The van der Waals surface area contributed by atoms with Crippen molar-refractivity contribution in [2.24, 2.45) is 0 Å². The minimum absolute atomic E-state index is 0.0115. The predicted molar refractivity (Wildman–Crippen MR) is 69.6 cm³/mol. The van der Waals surface area contributed by atoms with Crippen LogP contribution in [0.3, 0.4) is 0 Å². The number of hydrogen-bond donors (Lipinski definition) is 3. The number of benzene rings is 2. The number of fused-ring (bicyclic) bond motifs is 1. The van der Waals surface area contributed by atoms with Crippen molar-refractivity contribution in [3.8, 4) is 23.0 Å². The summed E-state index contributed by atoms with van der Waals surface area (Å²) in [5, 5.41) is 28.5. The monoisotopic (exact) mass is 258 g/mol. The van der Waals surface area contributed by atoms with Gasteiger partial charge in [0, 0.05) is 17.7 Å². The van der Waals surface area contributed by atoms with E-state index in [1.165, 1.54) is 12.1 Å². The highest BCUT2D eigenvalue weighted by Crippen LogP contribution is 2.41. The molecule has 1 atom stereocenters. The largest absolute Gasteiger partial charge is 0.508 e. The van der Waals surface area contributed by atoms with Crippen molar-refractivity contribution >= 4 is 0 Å². The second kappa shape index (κ2) is 4.39. The van der Waals surface area contributed by atoms with Crippen molar-refractivity contribution in [2.75, 3.05) is 0 Å². The van der Waals surface area contributed by atoms with Crippen molar-refractivity contribution in [2.45, 2.75) is 18.9 Å². The zero-order chi connectivity index (χ0) is 13.4. The second-order valence-corrected chi connectivity index (χ2v) is 4.68. The lowest BCUT2D eigenvalue weighted by molar-refractivity contribution is 0.174. The lowest BCUT2D eigenvalue weighted by atomic mass is 9.96. The smallest absolute Gasteiger partial charge is 0.130 e. The molecule has 2 aromatic rings. The maximum absolute atomic E-state index is 9.76. The predicted octanol–water partition coefficient (Wildman–Crippen LogP) is 2.87. The first-order valence-electron chi connectivity index (χ1n) is 6.14. The molecule has 2 aromatic carbocycles. The summed E-state index contributed by atoms with van der Waals surface area (Å²) in [5.41, 5.74) is 1.69. The van der Waals surface area contributed by atoms with Gasteiger partial charge in [0.25, 0.3) is 0 Å². The molecule has 0 bridgehead atoms. The van der Waals surface area contributed by atoms with E-state index in [9.17, 15) is 15.3 Å². The number of rotatable bonds is 1. The van der Waals surface area contributed by atoms with Crippen LogP contribution in [-0.2, 0) is 6.42 Å². The van der Waals surface area contributed by atoms with Gasteiger partial charge in [-0.05, 0) is 30.5 Å². The standard InChI is InChI=1S/C15H14O4/c16-10-3-1-9(2-4-10)14-6-5-12-13(18)7-11(17)8-15(12)19-14/h1-4,7-8,14,16-18H,5-6H2/t14-/m0/s1. The summed E-state index contributed by atoms with van der Waals surface area (Å²) in [6, 6.07) is 9.70. The van der Waals surface area contributed by atoms with Gasteiger partial charge in [0.15, 0.2) is 0 Å². The zero-order valence-electron chi connectivity index (χ0n) is 10.2. The summed E-state index contributed by atoms with van der Waals surface area (Å²) in [6.45, 7) is 0. The van der Waals surface area contributed by atoms with Crippen LogP contribution in [0.15, 0.2) is 36.4 Å². The molecule has 4 nitrogen and oxygen atoms in total. The summed E-state index contributed by atoms with van der Waals surface area (Å²) in [6.07, 6.45) is 1.30. The van der Waals surface area contributed by atoms with Crippen LogP contribution in [0.25, 0.3) is 0 Å². The fourth-order valence-corrected chi connectivity index (χ4v) is 2.38. The summed E-state index contributed by atoms with van der Waals surface area (Å²) in [5.74, 6) is 0.791. The van der Waals surface area contributed by atoms with Gasteiger partial charge in [-0.1, -0.05) is 12.1 Å². The summed E-state index contributed by atoms with van der Waals surface area (Å²) >= 11 is 0. The Labute approximate surface area is 110 Å². The summed E-state index contributed by atoms with van der Waals surface area (Å²) in [7, 11) is 0. The van der Waals surface area contributed by atoms with Crippen LogP contribution < -0.4 is 4.74 Å². The Morgan fingerprint density at radius 3 is 2.42 bits per heavy atom. The average molecular weight is 258 g/mol. The van der Waals surface area contributed by atoms with Crippen LogP contribution in [0.1, 0.15) is 23.7 Å². The molecule has 1 aliphatic heterocycles. The van der Waals surface area contributed by atoms with Crippen molar-refractivity contribution in [3.05, 3.63) is 47.5 Å². The van der Waals surface area contributed by atoms with Gasteiger partial charge >= 0.3 is 0 Å². The number of phenolic OH excluding ortho intramolecular Hbond substituents is 3. The van der Waals surface area contributed by atoms with E-state index in [0.717, 1.165) is 17.5 Å². The highest BCUT2D eigenvalue weighted by atomic mass is 16.5. The van der Waals surface area contributed by atoms with Crippen LogP contribution in [0.2, 0.25) is 0 Å². The molecule has 98 valence electrons. The number of hydrogen-bond acceptors (Lipinski definition) is 4. The van der Waals surface area contributed by atoms with Crippen LogP contribution in [0.4, 0.5) is 0 Å². The van der Waals surface area contributed by atoms with E-state index in [1.54, 1.807) is 12.1 Å². The molecule has 19 heavy (non-hydrogen) atoms. The maximum Gasteiger partial charge on any atom is 0.130 e. The van der Waals surface area contributed by atoms with Crippen LogP contribution >= 0.6 is 0 Å². The molecule has 0 saturated heterocycles. The van der Waals surface area contributed by atoms with Crippen LogP contribution in [-0.4, -0.2) is 15.3 Å². The van der Waals surface area contributed by atoms with Crippen molar-refractivity contribution in [1.82, 2.24) is 0 Å². The molecule has 0 radical (unpaired) electrons. The Bertz CT molecular complexity index is 604. The number of phenols is 3. The first kappa shape index (κ1) is 11.7. The maximum atomic E-state index is 9.76. The molecule has 0 unspecified atom stereocenters. The Hall–Kier alpha value is -2.36. The molecule has 0 spiro atoms. The Kier molecular flexibility index (Phi) is 2.71. The average Bonchev–Trinajstić information content (AvgIpc) is 2.38. The lowest BCUT2D eigenvalue weighted by Gasteiger charge is -2.27. The molecule has 3 rings (SSSR count). The van der Waals surface area contributed by atoms with Gasteiger partial charge in [-0.15, -0.1) is 0 Å². The van der Waals surface area contributed by atoms with Crippen molar-refractivity contribution in [1.29, 1.82) is 0 Å². The van der Waals surface area contributed by atoms with Gasteiger partial charge in [-0.3, -0.25) is 0 Å². The molecule has 1 aliphatic rings. The Balaban J connectivity index is 1.91. The zero-order valence-corrected chi connectivity index (χ0v) is 10.2. The normalized spacial score (nSPS) is 17.6. The lowest BCUT2D eigenvalue weighted by Crippen LogP contribution is -2.15. The molecular formula is C15H14O4. The van der Waals surface area contributed by atoms with Crippen molar-refractivity contribution in [3.63, 3.8) is 0 Å². The third-order valence-corrected chi connectivity index (χ3v) is 3.36. The highest BCUT2D eigenvalue weighted by Gasteiger charge is 2.24. The quantitative estimate of drug-likeness (QED) is 0.735. The topological polar surface area (TPSA) is 69.9 Å². The second-order valence-electron chi connectivity index (χ2n) is 4.68. The molecule has 0 amide bonds. The van der Waals surface area contributed by atoms with E-state index in [2.05, 4.69) is 0 Å². The minimum atomic E-state index is -0.130. The molecule has 0 aromatic heterocycles. The van der Waals surface area contributed by atoms with Gasteiger partial charge in [-0.25, -0.2) is 0 Å². The third kappa shape index (κ3) is 2.17. The molecular weight excluding hydrogens is 244 g/mol. The summed E-state index contributed by atoms with van der Waals surface area (Å²) < 4.78 is 5.82. The first-order chi connectivity index (χ1) is 9.13. The molecule has 1 heterocycles. The molecule has 4 heteroatoms. The molecule has 0 saturated carbocycles. The van der Waals surface area contributed by atoms with E-state index < -0.39 is 0 Å². The van der Waals surface area contributed by atoms with E-state index in [0.29, 0.717) is 12.2 Å². The van der Waals surface area contributed by atoms with Gasteiger partial charge < -0.3 is 20.1 Å². The Morgan fingerprint density at radius 1 is 0.947 bits per heavy atom. The summed E-state index contributed by atoms with van der Waals surface area (Å²) in [4.78, 5) is 0. The van der Waals surface area contributed by atoms with Gasteiger partial charge in [0.2, 0.25) is 0 Å². The van der Waals surface area contributed by atoms with Crippen LogP contribution in [0, 0.1) is 0 Å². The Morgan fingerprint density at radius 2 is 1.68 bits per heavy atom. The number of ether oxygens (including phenoxy) is 1. The minimum Gasteiger partial charge on any atom is -0.508 e. The van der Waals surface area contributed by atoms with Gasteiger partial charge in [0.05, 0.1) is 0 Å². The van der Waals surface area contributed by atoms with Gasteiger partial charge in [-0.2, -0.15) is 0 Å². The molecule has 3 N–H and O–H groups in total. The van der Waals surface area contributed by atoms with Gasteiger partial charge in [0.1, 0.15) is 29.1 Å². The van der Waals surface area contributed by atoms with E-state index in [1.807, 2.05) is 12.1 Å². The molecule has 0 fully saturated rings. The van der Waals surface area contributed by atoms with E-state index in [4.69, 9.17) is 4.74 Å². The SMILES string of the molecule is Oc1ccc([C@@H]2CCc3c(O)cc(O)cc3O2)cc1. The third-order valence-electron chi connectivity index (χ3n) is 3.36. The van der Waals surface area contributed by atoms with Crippen LogP contribution in [0.5, 0.6) is 23.0 Å². The fraction of sp³-hybridized carbons (Fsp3) is 0.200. The highest BCUT2D eigenvalue weighted by molar-refractivity contribution is 5.50. The fourth-order valence-electron chi connectivity index (χ4n) is 2.38. The van der Waals surface area contributed by atoms with E-state index >= 15 is 0 Å². The van der Waals surface area contributed by atoms with E-state index in [-0.39, 0.29) is 23.4 Å². The molecule has 0 aliphatic carbocycles. The number of aromatic hydroxyl groups is 3.